The molecule has 0 aliphatic heterocycles. The summed E-state index contributed by atoms with van der Waals surface area (Å²) in [4.78, 5) is 20.3. The fraction of sp³-hybridized carbons (Fsp3) is 0.0833. The van der Waals surface area contributed by atoms with Crippen molar-refractivity contribution in [2.45, 2.75) is 0 Å². The van der Waals surface area contributed by atoms with E-state index in [1.807, 2.05) is 0 Å². The first-order chi connectivity index (χ1) is 8.54. The molecule has 0 heterocycles. The maximum absolute atomic E-state index is 10.5. The lowest BCUT2D eigenvalue weighted by Crippen LogP contribution is -1.91. The molecule has 0 bridgehead atoms. The highest BCUT2D eigenvalue weighted by atomic mass is 16.6. The zero-order valence-electron chi connectivity index (χ0n) is 9.57. The van der Waals surface area contributed by atoms with E-state index in [1.165, 1.54) is 43.5 Å². The number of carboxylic acids is 1. The number of aliphatic carboxylic acids is 1. The summed E-state index contributed by atoms with van der Waals surface area (Å²) in [5.74, 6) is -0.646. The van der Waals surface area contributed by atoms with E-state index in [1.54, 1.807) is 0 Å². The second-order valence-electron chi connectivity index (χ2n) is 3.24. The zero-order valence-corrected chi connectivity index (χ0v) is 9.57. The molecule has 0 saturated carbocycles. The topological polar surface area (TPSA) is 89.7 Å². The van der Waals surface area contributed by atoms with Crippen LogP contribution in [0, 0.1) is 10.1 Å². The van der Waals surface area contributed by atoms with Crippen LogP contribution in [0.25, 0.3) is 5.76 Å². The van der Waals surface area contributed by atoms with Crippen LogP contribution in [0.3, 0.4) is 0 Å². The molecule has 0 aliphatic carbocycles. The molecule has 0 fully saturated rings. The van der Waals surface area contributed by atoms with Crippen LogP contribution < -0.4 is 0 Å². The molecule has 6 heteroatoms. The van der Waals surface area contributed by atoms with Gasteiger partial charge in [-0.25, -0.2) is 4.79 Å². The number of hydrogen-bond donors (Lipinski definition) is 1. The van der Waals surface area contributed by atoms with E-state index in [4.69, 9.17) is 9.84 Å². The van der Waals surface area contributed by atoms with Gasteiger partial charge in [0.05, 0.1) is 12.0 Å². The average Bonchev–Trinajstić information content (AvgIpc) is 2.34. The standard InChI is InChI=1S/C12H11NO5/c1-18-11(3-2-4-12(14)15)9-5-7-10(8-6-9)13(16)17/h2-8H,1H3,(H,14,15)/b4-2+,11-3-. The first-order valence-electron chi connectivity index (χ1n) is 4.94. The molecule has 1 rings (SSSR count). The molecule has 0 aliphatic rings. The number of allylic oxidation sites excluding steroid dienone is 2. The number of non-ortho nitro benzene ring substituents is 1. The summed E-state index contributed by atoms with van der Waals surface area (Å²) in [5.41, 5.74) is 0.605. The van der Waals surface area contributed by atoms with Crippen molar-refractivity contribution < 1.29 is 19.6 Å². The largest absolute Gasteiger partial charge is 0.496 e. The zero-order chi connectivity index (χ0) is 13.5. The van der Waals surface area contributed by atoms with E-state index >= 15 is 0 Å². The predicted molar refractivity (Wildman–Crippen MR) is 64.9 cm³/mol. The number of rotatable bonds is 5. The van der Waals surface area contributed by atoms with Crippen LogP contribution in [0.15, 0.2) is 42.5 Å². The molecule has 0 atom stereocenters. The van der Waals surface area contributed by atoms with Crippen LogP contribution in [-0.2, 0) is 9.53 Å². The van der Waals surface area contributed by atoms with E-state index in [2.05, 4.69) is 0 Å². The molecule has 0 spiro atoms. The number of carbonyl (C=O) groups is 1. The molecule has 94 valence electrons. The number of nitrogens with zero attached hydrogens (tertiary/aromatic N) is 1. The minimum Gasteiger partial charge on any atom is -0.496 e. The lowest BCUT2D eigenvalue weighted by Gasteiger charge is -2.04. The van der Waals surface area contributed by atoms with Gasteiger partial charge in [-0.1, -0.05) is 6.08 Å². The second-order valence-corrected chi connectivity index (χ2v) is 3.24. The van der Waals surface area contributed by atoms with Gasteiger partial charge in [0, 0.05) is 23.8 Å². The van der Waals surface area contributed by atoms with Gasteiger partial charge < -0.3 is 9.84 Å². The molecule has 0 aromatic heterocycles. The average molecular weight is 249 g/mol. The van der Waals surface area contributed by atoms with E-state index < -0.39 is 10.9 Å². The lowest BCUT2D eigenvalue weighted by atomic mass is 10.1. The van der Waals surface area contributed by atoms with Gasteiger partial charge in [-0.3, -0.25) is 10.1 Å². The molecule has 0 amide bonds. The highest BCUT2D eigenvalue weighted by molar-refractivity contribution is 5.80. The third-order valence-electron chi connectivity index (χ3n) is 2.07. The maximum atomic E-state index is 10.5. The Bertz CT molecular complexity index is 502. The highest BCUT2D eigenvalue weighted by Crippen LogP contribution is 2.19. The van der Waals surface area contributed by atoms with Crippen molar-refractivity contribution in [3.63, 3.8) is 0 Å². The van der Waals surface area contributed by atoms with Crippen molar-refractivity contribution in [2.24, 2.45) is 0 Å². The molecule has 1 N–H and O–H groups in total. The molecule has 18 heavy (non-hydrogen) atoms. The SMILES string of the molecule is CO/C(=C\C=C\C(=O)O)c1ccc([N+](=O)[O-])cc1. The van der Waals surface area contributed by atoms with Crippen molar-refractivity contribution >= 4 is 17.4 Å². The first kappa shape index (κ1) is 13.4. The minimum absolute atomic E-state index is 0.0183. The van der Waals surface area contributed by atoms with E-state index in [-0.39, 0.29) is 5.69 Å². The summed E-state index contributed by atoms with van der Waals surface area (Å²) in [5, 5.41) is 18.9. The van der Waals surface area contributed by atoms with Crippen LogP contribution in [-0.4, -0.2) is 23.1 Å². The number of hydrogen-bond acceptors (Lipinski definition) is 4. The Kier molecular flexibility index (Phi) is 4.62. The number of benzene rings is 1. The predicted octanol–water partition coefficient (Wildman–Crippen LogP) is 2.22. The van der Waals surface area contributed by atoms with Gasteiger partial charge in [-0.05, 0) is 18.2 Å². The third kappa shape index (κ3) is 3.75. The first-order valence-corrected chi connectivity index (χ1v) is 4.94. The van der Waals surface area contributed by atoms with Crippen molar-refractivity contribution in [2.75, 3.05) is 7.11 Å². The Morgan fingerprint density at radius 2 is 2.00 bits per heavy atom. The van der Waals surface area contributed by atoms with Crippen molar-refractivity contribution in [1.29, 1.82) is 0 Å². The summed E-state index contributed by atoms with van der Waals surface area (Å²) in [7, 11) is 1.43. The summed E-state index contributed by atoms with van der Waals surface area (Å²) >= 11 is 0. The molecular weight excluding hydrogens is 238 g/mol. The lowest BCUT2D eigenvalue weighted by molar-refractivity contribution is -0.384. The molecule has 6 nitrogen and oxygen atoms in total. The van der Waals surface area contributed by atoms with E-state index in [0.29, 0.717) is 11.3 Å². The van der Waals surface area contributed by atoms with Gasteiger partial charge in [-0.2, -0.15) is 0 Å². The normalized spacial score (nSPS) is 11.5. The number of methoxy groups -OCH3 is 1. The number of nitro benzene ring substituents is 1. The highest BCUT2D eigenvalue weighted by Gasteiger charge is 2.06. The van der Waals surface area contributed by atoms with Gasteiger partial charge in [0.25, 0.3) is 5.69 Å². The van der Waals surface area contributed by atoms with Crippen molar-refractivity contribution in [3.05, 3.63) is 58.2 Å². The molecule has 1 aromatic carbocycles. The Morgan fingerprint density at radius 1 is 1.39 bits per heavy atom. The summed E-state index contributed by atoms with van der Waals surface area (Å²) < 4.78 is 5.07. The third-order valence-corrected chi connectivity index (χ3v) is 2.07. The van der Waals surface area contributed by atoms with Gasteiger partial charge in [0.15, 0.2) is 0 Å². The maximum Gasteiger partial charge on any atom is 0.328 e. The van der Waals surface area contributed by atoms with Crippen molar-refractivity contribution in [3.8, 4) is 0 Å². The van der Waals surface area contributed by atoms with Crippen LogP contribution in [0.4, 0.5) is 5.69 Å². The van der Waals surface area contributed by atoms with Crippen molar-refractivity contribution in [1.82, 2.24) is 0 Å². The van der Waals surface area contributed by atoms with Gasteiger partial charge in [0.2, 0.25) is 0 Å². The molecule has 1 aromatic rings. The molecule has 0 unspecified atom stereocenters. The number of ether oxygens (including phenoxy) is 1. The number of carboxylic acid groups (broad SMARTS) is 1. The fourth-order valence-corrected chi connectivity index (χ4v) is 1.25. The molecule has 0 saturated heterocycles. The smallest absolute Gasteiger partial charge is 0.328 e. The summed E-state index contributed by atoms with van der Waals surface area (Å²) in [6, 6.07) is 5.76. The van der Waals surface area contributed by atoms with Crippen LogP contribution in [0.5, 0.6) is 0 Å². The van der Waals surface area contributed by atoms with E-state index in [0.717, 1.165) is 6.08 Å². The number of nitro groups is 1. The van der Waals surface area contributed by atoms with Gasteiger partial charge in [0.1, 0.15) is 5.76 Å². The summed E-state index contributed by atoms with van der Waals surface area (Å²) in [6.45, 7) is 0. The molecular formula is C12H11NO5. The Hall–Kier alpha value is -2.63. The second kappa shape index (κ2) is 6.19. The van der Waals surface area contributed by atoms with Gasteiger partial charge in [-0.15, -0.1) is 0 Å². The van der Waals surface area contributed by atoms with Crippen LogP contribution in [0.1, 0.15) is 5.56 Å². The van der Waals surface area contributed by atoms with Gasteiger partial charge >= 0.3 is 5.97 Å². The summed E-state index contributed by atoms with van der Waals surface area (Å²) in [6.07, 6.45) is 3.75. The molecule has 0 radical (unpaired) electrons. The minimum atomic E-state index is -1.06. The van der Waals surface area contributed by atoms with Crippen LogP contribution >= 0.6 is 0 Å². The Balaban J connectivity index is 2.95. The van der Waals surface area contributed by atoms with Crippen LogP contribution in [0.2, 0.25) is 0 Å². The Morgan fingerprint density at radius 3 is 2.44 bits per heavy atom. The quantitative estimate of drug-likeness (QED) is 0.284. The van der Waals surface area contributed by atoms with E-state index in [9.17, 15) is 14.9 Å². The fourth-order valence-electron chi connectivity index (χ4n) is 1.25. The monoisotopic (exact) mass is 249 g/mol. The Labute approximate surface area is 103 Å².